The number of methoxy groups -OCH3 is 1. The number of para-hydroxylation sites is 1. The number of nitro groups is 1. The highest BCUT2D eigenvalue weighted by Crippen LogP contribution is 2.40. The maximum atomic E-state index is 13.4. The Balaban J connectivity index is 1.73. The molecule has 30 heavy (non-hydrogen) atoms. The van der Waals surface area contributed by atoms with E-state index >= 15 is 0 Å². The molecule has 1 aliphatic rings. The third-order valence-electron chi connectivity index (χ3n) is 5.12. The highest BCUT2D eigenvalue weighted by atomic mass is 32.1. The second-order valence-electron chi connectivity index (χ2n) is 6.89. The Bertz CT molecular complexity index is 1080. The first-order valence-corrected chi connectivity index (χ1v) is 10.5. The number of hydrogen-bond acceptors (Lipinski definition) is 7. The summed E-state index contributed by atoms with van der Waals surface area (Å²) >= 11 is 1.56. The van der Waals surface area contributed by atoms with Crippen molar-refractivity contribution < 1.29 is 19.2 Å². The molecule has 0 aliphatic carbocycles. The van der Waals surface area contributed by atoms with Gasteiger partial charge in [-0.05, 0) is 31.9 Å². The van der Waals surface area contributed by atoms with E-state index in [2.05, 4.69) is 0 Å². The van der Waals surface area contributed by atoms with Crippen LogP contribution in [0.1, 0.15) is 41.2 Å². The molecule has 0 saturated carbocycles. The molecule has 1 atom stereocenters. The summed E-state index contributed by atoms with van der Waals surface area (Å²) < 4.78 is 11.8. The first-order chi connectivity index (χ1) is 14.5. The van der Waals surface area contributed by atoms with Crippen molar-refractivity contribution in [2.75, 3.05) is 20.3 Å². The van der Waals surface area contributed by atoms with Crippen molar-refractivity contribution in [3.05, 3.63) is 57.1 Å². The minimum Gasteiger partial charge on any atom is -0.493 e. The van der Waals surface area contributed by atoms with Gasteiger partial charge in [-0.1, -0.05) is 12.1 Å². The van der Waals surface area contributed by atoms with Crippen LogP contribution in [0.15, 0.2) is 36.4 Å². The third-order valence-corrected chi connectivity index (χ3v) is 6.26. The standard InChI is InChI=1S/C21H21N3O5S/c1-3-29-18-11-13(16(24(26)27)12-17(18)28-2)21(25)23-10-6-8-15(23)20-22-14-7-4-5-9-19(14)30-20/h4-5,7,9,11-12,15H,3,6,8,10H2,1-2H3. The predicted molar refractivity (Wildman–Crippen MR) is 113 cm³/mol. The van der Waals surface area contributed by atoms with Crippen molar-refractivity contribution in [3.8, 4) is 11.5 Å². The zero-order chi connectivity index (χ0) is 21.3. The minimum absolute atomic E-state index is 0.00254. The molecule has 9 heteroatoms. The Morgan fingerprint density at radius 1 is 1.33 bits per heavy atom. The number of carbonyl (C=O) groups excluding carboxylic acids is 1. The Hall–Kier alpha value is -3.20. The second-order valence-corrected chi connectivity index (χ2v) is 7.95. The summed E-state index contributed by atoms with van der Waals surface area (Å²) in [5.41, 5.74) is 0.596. The Labute approximate surface area is 177 Å². The van der Waals surface area contributed by atoms with Crippen LogP contribution in [0.4, 0.5) is 5.69 Å². The van der Waals surface area contributed by atoms with E-state index in [1.54, 1.807) is 23.2 Å². The van der Waals surface area contributed by atoms with E-state index in [1.165, 1.54) is 19.2 Å². The van der Waals surface area contributed by atoms with Gasteiger partial charge in [-0.2, -0.15) is 0 Å². The van der Waals surface area contributed by atoms with Gasteiger partial charge < -0.3 is 14.4 Å². The summed E-state index contributed by atoms with van der Waals surface area (Å²) in [6.07, 6.45) is 1.59. The number of carbonyl (C=O) groups is 1. The Kier molecular flexibility index (Phi) is 5.54. The van der Waals surface area contributed by atoms with E-state index in [0.717, 1.165) is 28.1 Å². The molecule has 0 N–H and O–H groups in total. The number of rotatable bonds is 6. The van der Waals surface area contributed by atoms with Crippen LogP contribution in [0.5, 0.6) is 11.5 Å². The fourth-order valence-electron chi connectivity index (χ4n) is 3.75. The summed E-state index contributed by atoms with van der Waals surface area (Å²) in [4.78, 5) is 30.9. The maximum absolute atomic E-state index is 13.4. The summed E-state index contributed by atoms with van der Waals surface area (Å²) in [6, 6.07) is 10.3. The number of amides is 1. The van der Waals surface area contributed by atoms with Crippen LogP contribution in [0.25, 0.3) is 10.2 Å². The van der Waals surface area contributed by atoms with Crippen LogP contribution in [-0.4, -0.2) is 41.0 Å². The van der Waals surface area contributed by atoms with Crippen molar-refractivity contribution in [3.63, 3.8) is 0 Å². The summed E-state index contributed by atoms with van der Waals surface area (Å²) in [5.74, 6) is 0.140. The van der Waals surface area contributed by atoms with Crippen LogP contribution in [-0.2, 0) is 0 Å². The molecule has 2 aromatic carbocycles. The summed E-state index contributed by atoms with van der Waals surface area (Å²) in [7, 11) is 1.41. The van der Waals surface area contributed by atoms with Crippen molar-refractivity contribution in [2.45, 2.75) is 25.8 Å². The van der Waals surface area contributed by atoms with Gasteiger partial charge in [0.1, 0.15) is 10.6 Å². The SMILES string of the molecule is CCOc1cc(C(=O)N2CCCC2c2nc3ccccc3s2)c([N+](=O)[O-])cc1OC. The van der Waals surface area contributed by atoms with Gasteiger partial charge >= 0.3 is 0 Å². The molecule has 1 aromatic heterocycles. The molecule has 2 heterocycles. The van der Waals surface area contributed by atoms with Gasteiger partial charge in [-0.15, -0.1) is 11.3 Å². The van der Waals surface area contributed by atoms with Crippen molar-refractivity contribution in [1.29, 1.82) is 0 Å². The highest BCUT2D eigenvalue weighted by molar-refractivity contribution is 7.18. The van der Waals surface area contributed by atoms with Gasteiger partial charge in [0.25, 0.3) is 11.6 Å². The number of ether oxygens (including phenoxy) is 2. The number of thiazole rings is 1. The second kappa shape index (κ2) is 8.27. The van der Waals surface area contributed by atoms with E-state index < -0.39 is 10.8 Å². The molecule has 156 valence electrons. The van der Waals surface area contributed by atoms with Crippen LogP contribution >= 0.6 is 11.3 Å². The number of likely N-dealkylation sites (tertiary alicyclic amines) is 1. The lowest BCUT2D eigenvalue weighted by molar-refractivity contribution is -0.385. The highest BCUT2D eigenvalue weighted by Gasteiger charge is 2.36. The van der Waals surface area contributed by atoms with Crippen LogP contribution in [0, 0.1) is 10.1 Å². The molecular weight excluding hydrogens is 406 g/mol. The Morgan fingerprint density at radius 3 is 2.83 bits per heavy atom. The zero-order valence-corrected chi connectivity index (χ0v) is 17.5. The lowest BCUT2D eigenvalue weighted by Crippen LogP contribution is -2.31. The van der Waals surface area contributed by atoms with E-state index in [-0.39, 0.29) is 23.0 Å². The quantitative estimate of drug-likeness (QED) is 0.422. The molecule has 8 nitrogen and oxygen atoms in total. The summed E-state index contributed by atoms with van der Waals surface area (Å²) in [5, 5.41) is 12.5. The number of benzene rings is 2. The lowest BCUT2D eigenvalue weighted by atomic mass is 10.1. The molecule has 1 fully saturated rings. The molecule has 1 unspecified atom stereocenters. The van der Waals surface area contributed by atoms with Gasteiger partial charge in [0.05, 0.1) is 41.0 Å². The molecule has 0 radical (unpaired) electrons. The molecule has 1 saturated heterocycles. The number of aromatic nitrogens is 1. The molecule has 1 amide bonds. The van der Waals surface area contributed by atoms with Crippen molar-refractivity contribution in [2.24, 2.45) is 0 Å². The van der Waals surface area contributed by atoms with E-state index in [0.29, 0.717) is 18.9 Å². The van der Waals surface area contributed by atoms with Gasteiger partial charge in [0, 0.05) is 12.6 Å². The molecule has 4 rings (SSSR count). The normalized spacial score (nSPS) is 16.1. The number of nitrogens with zero attached hydrogens (tertiary/aromatic N) is 3. The van der Waals surface area contributed by atoms with Gasteiger partial charge in [-0.3, -0.25) is 14.9 Å². The monoisotopic (exact) mass is 427 g/mol. The fourth-order valence-corrected chi connectivity index (χ4v) is 4.87. The molecular formula is C21H21N3O5S. The Morgan fingerprint density at radius 2 is 2.13 bits per heavy atom. The number of nitro benzene ring substituents is 1. The maximum Gasteiger partial charge on any atom is 0.286 e. The fraction of sp³-hybridized carbons (Fsp3) is 0.333. The van der Waals surface area contributed by atoms with Gasteiger partial charge in [0.15, 0.2) is 11.5 Å². The van der Waals surface area contributed by atoms with Crippen molar-refractivity contribution >= 4 is 33.1 Å². The average molecular weight is 427 g/mol. The molecule has 0 spiro atoms. The van der Waals surface area contributed by atoms with E-state index in [4.69, 9.17) is 14.5 Å². The first-order valence-electron chi connectivity index (χ1n) is 9.69. The number of hydrogen-bond donors (Lipinski definition) is 0. The zero-order valence-electron chi connectivity index (χ0n) is 16.7. The van der Waals surface area contributed by atoms with Crippen molar-refractivity contribution in [1.82, 2.24) is 9.88 Å². The smallest absolute Gasteiger partial charge is 0.286 e. The molecule has 0 bridgehead atoms. The minimum atomic E-state index is -0.561. The third kappa shape index (κ3) is 3.56. The van der Waals surface area contributed by atoms with Gasteiger partial charge in [0.2, 0.25) is 0 Å². The van der Waals surface area contributed by atoms with E-state index in [1.807, 2.05) is 24.3 Å². The first kappa shape index (κ1) is 20.1. The largest absolute Gasteiger partial charge is 0.493 e. The topological polar surface area (TPSA) is 94.8 Å². The summed E-state index contributed by atoms with van der Waals surface area (Å²) in [6.45, 7) is 2.67. The molecule has 1 aliphatic heterocycles. The number of fused-ring (bicyclic) bond motifs is 1. The predicted octanol–water partition coefficient (Wildman–Crippen LogP) is 4.59. The molecule has 3 aromatic rings. The average Bonchev–Trinajstić information content (AvgIpc) is 3.39. The lowest BCUT2D eigenvalue weighted by Gasteiger charge is -2.23. The van der Waals surface area contributed by atoms with Crippen LogP contribution in [0.3, 0.4) is 0 Å². The van der Waals surface area contributed by atoms with Crippen LogP contribution < -0.4 is 9.47 Å². The van der Waals surface area contributed by atoms with Crippen LogP contribution in [0.2, 0.25) is 0 Å². The van der Waals surface area contributed by atoms with Gasteiger partial charge in [-0.25, -0.2) is 4.98 Å². The van der Waals surface area contributed by atoms with E-state index in [9.17, 15) is 14.9 Å².